The molecular formula is C12H25N. The molecule has 1 atom stereocenters. The monoisotopic (exact) mass is 183 g/mol. The van der Waals surface area contributed by atoms with E-state index in [-0.39, 0.29) is 0 Å². The minimum absolute atomic E-state index is 0.780. The fourth-order valence-electron chi connectivity index (χ4n) is 2.54. The van der Waals surface area contributed by atoms with Crippen LogP contribution in [0, 0.1) is 11.3 Å². The van der Waals surface area contributed by atoms with Crippen LogP contribution in [0.4, 0.5) is 0 Å². The highest BCUT2D eigenvalue weighted by atomic mass is 14.8. The fraction of sp³-hybridized carbons (Fsp3) is 1.00. The third-order valence-corrected chi connectivity index (χ3v) is 3.75. The molecule has 1 saturated carbocycles. The Labute approximate surface area is 83.3 Å². The Hall–Kier alpha value is -0.0400. The van der Waals surface area contributed by atoms with E-state index in [0.717, 1.165) is 11.3 Å². The Morgan fingerprint density at radius 2 is 2.08 bits per heavy atom. The summed E-state index contributed by atoms with van der Waals surface area (Å²) >= 11 is 0. The largest absolute Gasteiger partial charge is 0.320 e. The molecule has 0 aromatic carbocycles. The first kappa shape index (κ1) is 11.0. The summed E-state index contributed by atoms with van der Waals surface area (Å²) in [6, 6.07) is 0. The van der Waals surface area contributed by atoms with E-state index in [1.807, 2.05) is 7.05 Å². The molecule has 0 aliphatic heterocycles. The van der Waals surface area contributed by atoms with Crippen LogP contribution in [-0.4, -0.2) is 13.6 Å². The maximum Gasteiger partial charge on any atom is -0.00518 e. The molecule has 0 spiro atoms. The number of nitrogens with one attached hydrogen (secondary N) is 1. The zero-order valence-electron chi connectivity index (χ0n) is 9.53. The Morgan fingerprint density at radius 1 is 1.38 bits per heavy atom. The van der Waals surface area contributed by atoms with Crippen molar-refractivity contribution in [2.45, 2.75) is 52.4 Å². The minimum atomic E-state index is 0.780. The van der Waals surface area contributed by atoms with Gasteiger partial charge in [-0.2, -0.15) is 0 Å². The molecule has 1 aliphatic carbocycles. The van der Waals surface area contributed by atoms with Crippen LogP contribution in [0.15, 0.2) is 0 Å². The lowest BCUT2D eigenvalue weighted by atomic mass is 9.83. The van der Waals surface area contributed by atoms with Gasteiger partial charge in [-0.05, 0) is 57.0 Å². The van der Waals surface area contributed by atoms with E-state index < -0.39 is 0 Å². The van der Waals surface area contributed by atoms with E-state index in [1.165, 1.54) is 45.1 Å². The Morgan fingerprint density at radius 3 is 2.54 bits per heavy atom. The van der Waals surface area contributed by atoms with Gasteiger partial charge in [0.1, 0.15) is 0 Å². The van der Waals surface area contributed by atoms with Crippen LogP contribution >= 0.6 is 0 Å². The molecule has 13 heavy (non-hydrogen) atoms. The molecule has 0 heterocycles. The zero-order valence-corrected chi connectivity index (χ0v) is 9.53. The molecule has 1 heteroatoms. The molecule has 1 unspecified atom stereocenters. The molecule has 0 aromatic heterocycles. The van der Waals surface area contributed by atoms with Crippen LogP contribution in [0.1, 0.15) is 52.4 Å². The van der Waals surface area contributed by atoms with Gasteiger partial charge in [0.25, 0.3) is 0 Å². The van der Waals surface area contributed by atoms with Gasteiger partial charge in [0.2, 0.25) is 0 Å². The van der Waals surface area contributed by atoms with E-state index >= 15 is 0 Å². The van der Waals surface area contributed by atoms with Gasteiger partial charge in [0, 0.05) is 0 Å². The number of rotatable bonds is 7. The summed E-state index contributed by atoms with van der Waals surface area (Å²) in [6.45, 7) is 5.96. The molecular weight excluding hydrogens is 158 g/mol. The number of hydrogen-bond donors (Lipinski definition) is 1. The van der Waals surface area contributed by atoms with Gasteiger partial charge in [-0.15, -0.1) is 0 Å². The minimum Gasteiger partial charge on any atom is -0.320 e. The van der Waals surface area contributed by atoms with Crippen molar-refractivity contribution in [3.8, 4) is 0 Å². The van der Waals surface area contributed by atoms with Crippen molar-refractivity contribution in [1.29, 1.82) is 0 Å². The van der Waals surface area contributed by atoms with Crippen molar-refractivity contribution in [3.63, 3.8) is 0 Å². The number of hydrogen-bond acceptors (Lipinski definition) is 1. The SMILES string of the molecule is CCCC1(C(C)CCCNC)CC1. The average Bonchev–Trinajstić information content (AvgIpc) is 2.87. The molecule has 1 fully saturated rings. The molecule has 1 N–H and O–H groups in total. The maximum atomic E-state index is 3.23. The van der Waals surface area contributed by atoms with Crippen molar-refractivity contribution in [2.75, 3.05) is 13.6 Å². The lowest BCUT2D eigenvalue weighted by Crippen LogP contribution is -2.15. The van der Waals surface area contributed by atoms with Crippen molar-refractivity contribution >= 4 is 0 Å². The summed E-state index contributed by atoms with van der Waals surface area (Å²) in [4.78, 5) is 0. The molecule has 1 aliphatic rings. The van der Waals surface area contributed by atoms with Gasteiger partial charge in [-0.1, -0.05) is 20.3 Å². The van der Waals surface area contributed by atoms with E-state index in [4.69, 9.17) is 0 Å². The van der Waals surface area contributed by atoms with Crippen molar-refractivity contribution in [1.82, 2.24) is 5.32 Å². The third-order valence-electron chi connectivity index (χ3n) is 3.75. The second kappa shape index (κ2) is 4.99. The highest BCUT2D eigenvalue weighted by Crippen LogP contribution is 2.56. The molecule has 78 valence electrons. The van der Waals surface area contributed by atoms with Crippen molar-refractivity contribution < 1.29 is 0 Å². The third kappa shape index (κ3) is 2.98. The fourth-order valence-corrected chi connectivity index (χ4v) is 2.54. The summed E-state index contributed by atoms with van der Waals surface area (Å²) < 4.78 is 0. The Bertz CT molecular complexity index is 138. The molecule has 0 saturated heterocycles. The molecule has 1 rings (SSSR count). The average molecular weight is 183 g/mol. The lowest BCUT2D eigenvalue weighted by Gasteiger charge is -2.22. The van der Waals surface area contributed by atoms with Crippen LogP contribution in [0.3, 0.4) is 0 Å². The van der Waals surface area contributed by atoms with E-state index in [9.17, 15) is 0 Å². The van der Waals surface area contributed by atoms with Gasteiger partial charge in [0.05, 0.1) is 0 Å². The summed E-state index contributed by atoms with van der Waals surface area (Å²) in [7, 11) is 2.05. The van der Waals surface area contributed by atoms with Gasteiger partial charge in [-0.3, -0.25) is 0 Å². The van der Waals surface area contributed by atoms with Gasteiger partial charge < -0.3 is 5.32 Å². The van der Waals surface area contributed by atoms with Gasteiger partial charge >= 0.3 is 0 Å². The second-order valence-electron chi connectivity index (χ2n) is 4.76. The van der Waals surface area contributed by atoms with Gasteiger partial charge in [0.15, 0.2) is 0 Å². The van der Waals surface area contributed by atoms with Crippen LogP contribution < -0.4 is 5.32 Å². The predicted octanol–water partition coefficient (Wildman–Crippen LogP) is 3.20. The standard InChI is InChI=1S/C12H25N/c1-4-7-12(8-9-12)11(2)6-5-10-13-3/h11,13H,4-10H2,1-3H3. The summed E-state index contributed by atoms with van der Waals surface area (Å²) in [5, 5.41) is 3.23. The normalized spacial score (nSPS) is 21.5. The van der Waals surface area contributed by atoms with Crippen LogP contribution in [0.2, 0.25) is 0 Å². The first-order chi connectivity index (χ1) is 6.25. The molecule has 0 radical (unpaired) electrons. The summed E-state index contributed by atoms with van der Waals surface area (Å²) in [5.41, 5.74) is 0.780. The molecule has 1 nitrogen and oxygen atoms in total. The van der Waals surface area contributed by atoms with Crippen LogP contribution in [0.5, 0.6) is 0 Å². The topological polar surface area (TPSA) is 12.0 Å². The van der Waals surface area contributed by atoms with Crippen molar-refractivity contribution in [3.05, 3.63) is 0 Å². The summed E-state index contributed by atoms with van der Waals surface area (Å²) in [5.74, 6) is 0.959. The highest BCUT2D eigenvalue weighted by molar-refractivity contribution is 4.96. The predicted molar refractivity (Wildman–Crippen MR) is 58.9 cm³/mol. The molecule has 0 bridgehead atoms. The van der Waals surface area contributed by atoms with Crippen LogP contribution in [0.25, 0.3) is 0 Å². The molecule has 0 amide bonds. The quantitative estimate of drug-likeness (QED) is 0.598. The zero-order chi connectivity index (χ0) is 9.73. The second-order valence-corrected chi connectivity index (χ2v) is 4.76. The first-order valence-corrected chi connectivity index (χ1v) is 5.90. The van der Waals surface area contributed by atoms with Crippen molar-refractivity contribution in [2.24, 2.45) is 11.3 Å². The highest BCUT2D eigenvalue weighted by Gasteiger charge is 2.45. The Balaban J connectivity index is 2.18. The lowest BCUT2D eigenvalue weighted by molar-refractivity contribution is 0.284. The Kier molecular flexibility index (Phi) is 4.24. The van der Waals surface area contributed by atoms with Gasteiger partial charge in [-0.25, -0.2) is 0 Å². The first-order valence-electron chi connectivity index (χ1n) is 5.90. The van der Waals surface area contributed by atoms with Crippen LogP contribution in [-0.2, 0) is 0 Å². The summed E-state index contributed by atoms with van der Waals surface area (Å²) in [6.07, 6.45) is 8.61. The van der Waals surface area contributed by atoms with E-state index in [0.29, 0.717) is 0 Å². The molecule has 0 aromatic rings. The maximum absolute atomic E-state index is 3.23. The van der Waals surface area contributed by atoms with E-state index in [1.54, 1.807) is 0 Å². The van der Waals surface area contributed by atoms with E-state index in [2.05, 4.69) is 19.2 Å². The smallest absolute Gasteiger partial charge is 0.00518 e.